The molecule has 2 heterocycles. The molecule has 6 nitrogen and oxygen atoms in total. The molecule has 0 saturated carbocycles. The van der Waals surface area contributed by atoms with Gasteiger partial charge in [-0.3, -0.25) is 0 Å². The third-order valence-corrected chi connectivity index (χ3v) is 4.95. The Balaban J connectivity index is 1.53. The molecule has 0 fully saturated rings. The second-order valence-corrected chi connectivity index (χ2v) is 7.20. The van der Waals surface area contributed by atoms with E-state index in [2.05, 4.69) is 39.3 Å². The van der Waals surface area contributed by atoms with Crippen LogP contribution in [0.5, 0.6) is 5.75 Å². The number of rotatable bonds is 6. The monoisotopic (exact) mass is 408 g/mol. The van der Waals surface area contributed by atoms with Gasteiger partial charge in [0.1, 0.15) is 24.1 Å². The SMILES string of the molecule is Cc1ccc(-c2ncnc(Nc3ccc4ncoc4c3)c2OCc2ccccc2)cc1. The third kappa shape index (κ3) is 4.09. The van der Waals surface area contributed by atoms with E-state index in [4.69, 9.17) is 9.15 Å². The minimum absolute atomic E-state index is 0.406. The summed E-state index contributed by atoms with van der Waals surface area (Å²) in [6.45, 7) is 2.46. The lowest BCUT2D eigenvalue weighted by molar-refractivity contribution is 0.307. The van der Waals surface area contributed by atoms with E-state index in [0.717, 1.165) is 28.0 Å². The van der Waals surface area contributed by atoms with Crippen LogP contribution in [0.4, 0.5) is 11.5 Å². The van der Waals surface area contributed by atoms with Crippen LogP contribution in [0.15, 0.2) is 89.9 Å². The lowest BCUT2D eigenvalue weighted by Crippen LogP contribution is -2.04. The summed E-state index contributed by atoms with van der Waals surface area (Å²) in [7, 11) is 0. The maximum atomic E-state index is 6.26. The average molecular weight is 408 g/mol. The summed E-state index contributed by atoms with van der Waals surface area (Å²) >= 11 is 0. The fourth-order valence-electron chi connectivity index (χ4n) is 3.32. The first-order valence-electron chi connectivity index (χ1n) is 9.95. The average Bonchev–Trinajstić information content (AvgIpc) is 3.27. The van der Waals surface area contributed by atoms with Crippen molar-refractivity contribution in [3.8, 4) is 17.0 Å². The number of hydrogen-bond acceptors (Lipinski definition) is 6. The molecule has 31 heavy (non-hydrogen) atoms. The van der Waals surface area contributed by atoms with Gasteiger partial charge in [0.05, 0.1) is 0 Å². The number of anilines is 2. The molecule has 152 valence electrons. The highest BCUT2D eigenvalue weighted by molar-refractivity contribution is 5.80. The zero-order valence-corrected chi connectivity index (χ0v) is 16.9. The summed E-state index contributed by atoms with van der Waals surface area (Å²) in [5.74, 6) is 1.17. The van der Waals surface area contributed by atoms with Crippen LogP contribution in [0, 0.1) is 6.92 Å². The molecule has 1 N–H and O–H groups in total. The van der Waals surface area contributed by atoms with Crippen LogP contribution in [0.1, 0.15) is 11.1 Å². The molecule has 6 heteroatoms. The van der Waals surface area contributed by atoms with E-state index in [1.807, 2.05) is 60.7 Å². The number of hydrogen-bond donors (Lipinski definition) is 1. The summed E-state index contributed by atoms with van der Waals surface area (Å²) in [5, 5.41) is 3.35. The van der Waals surface area contributed by atoms with Gasteiger partial charge in [0.2, 0.25) is 0 Å². The predicted molar refractivity (Wildman–Crippen MR) is 120 cm³/mol. The molecule has 0 unspecified atom stereocenters. The van der Waals surface area contributed by atoms with E-state index in [9.17, 15) is 0 Å². The summed E-state index contributed by atoms with van der Waals surface area (Å²) in [4.78, 5) is 13.2. The van der Waals surface area contributed by atoms with Crippen LogP contribution in [0.3, 0.4) is 0 Å². The number of nitrogens with zero attached hydrogens (tertiary/aromatic N) is 3. The zero-order valence-electron chi connectivity index (χ0n) is 16.9. The maximum Gasteiger partial charge on any atom is 0.188 e. The molecule has 0 aliphatic carbocycles. The van der Waals surface area contributed by atoms with Crippen LogP contribution >= 0.6 is 0 Å². The lowest BCUT2D eigenvalue weighted by atomic mass is 10.1. The molecule has 0 saturated heterocycles. The number of fused-ring (bicyclic) bond motifs is 1. The number of aryl methyl sites for hydroxylation is 1. The largest absolute Gasteiger partial charge is 0.483 e. The molecular weight excluding hydrogens is 388 g/mol. The van der Waals surface area contributed by atoms with Gasteiger partial charge < -0.3 is 14.5 Å². The van der Waals surface area contributed by atoms with Gasteiger partial charge in [-0.2, -0.15) is 0 Å². The smallest absolute Gasteiger partial charge is 0.188 e. The van der Waals surface area contributed by atoms with Gasteiger partial charge in [-0.15, -0.1) is 0 Å². The van der Waals surface area contributed by atoms with Crippen LogP contribution in [0.25, 0.3) is 22.4 Å². The quantitative estimate of drug-likeness (QED) is 0.376. The van der Waals surface area contributed by atoms with Crippen molar-refractivity contribution in [1.29, 1.82) is 0 Å². The molecule has 2 aromatic heterocycles. The third-order valence-electron chi connectivity index (χ3n) is 4.95. The number of oxazole rings is 1. The van der Waals surface area contributed by atoms with Gasteiger partial charge in [-0.25, -0.2) is 15.0 Å². The number of ether oxygens (including phenoxy) is 1. The summed E-state index contributed by atoms with van der Waals surface area (Å²) in [5.41, 5.74) is 6.26. The number of aromatic nitrogens is 3. The zero-order chi connectivity index (χ0) is 21.0. The van der Waals surface area contributed by atoms with E-state index in [0.29, 0.717) is 23.8 Å². The normalized spacial score (nSPS) is 10.9. The van der Waals surface area contributed by atoms with Crippen molar-refractivity contribution in [3.63, 3.8) is 0 Å². The lowest BCUT2D eigenvalue weighted by Gasteiger charge is -2.16. The molecule has 3 aromatic carbocycles. The molecule has 0 aliphatic heterocycles. The second-order valence-electron chi connectivity index (χ2n) is 7.20. The van der Waals surface area contributed by atoms with Crippen molar-refractivity contribution in [2.75, 3.05) is 5.32 Å². The molecule has 0 atom stereocenters. The summed E-state index contributed by atoms with van der Waals surface area (Å²) in [6, 6.07) is 23.9. The number of benzene rings is 3. The van der Waals surface area contributed by atoms with Gasteiger partial charge in [-0.1, -0.05) is 60.2 Å². The van der Waals surface area contributed by atoms with Crippen molar-refractivity contribution in [2.45, 2.75) is 13.5 Å². The van der Waals surface area contributed by atoms with Crippen molar-refractivity contribution < 1.29 is 9.15 Å². The van der Waals surface area contributed by atoms with E-state index in [-0.39, 0.29) is 0 Å². The highest BCUT2D eigenvalue weighted by Gasteiger charge is 2.16. The van der Waals surface area contributed by atoms with E-state index in [1.54, 1.807) is 6.33 Å². The summed E-state index contributed by atoms with van der Waals surface area (Å²) < 4.78 is 11.7. The van der Waals surface area contributed by atoms with Crippen molar-refractivity contribution in [1.82, 2.24) is 15.0 Å². The second kappa shape index (κ2) is 8.28. The van der Waals surface area contributed by atoms with Crippen LogP contribution in [0.2, 0.25) is 0 Å². The van der Waals surface area contributed by atoms with Gasteiger partial charge in [-0.05, 0) is 24.6 Å². The Labute approximate surface area is 179 Å². The summed E-state index contributed by atoms with van der Waals surface area (Å²) in [6.07, 6.45) is 2.98. The van der Waals surface area contributed by atoms with Gasteiger partial charge in [0, 0.05) is 17.3 Å². The molecule has 0 aliphatic rings. The molecule has 0 radical (unpaired) electrons. The first kappa shape index (κ1) is 18.8. The fraction of sp³-hybridized carbons (Fsp3) is 0.0800. The first-order chi connectivity index (χ1) is 15.3. The number of nitrogens with one attached hydrogen (secondary N) is 1. The molecule has 0 spiro atoms. The van der Waals surface area contributed by atoms with Crippen LogP contribution in [-0.4, -0.2) is 15.0 Å². The van der Waals surface area contributed by atoms with E-state index >= 15 is 0 Å². The Morgan fingerprint density at radius 1 is 0.903 bits per heavy atom. The van der Waals surface area contributed by atoms with Crippen LogP contribution < -0.4 is 10.1 Å². The predicted octanol–water partition coefficient (Wildman–Crippen LogP) is 5.92. The van der Waals surface area contributed by atoms with Gasteiger partial charge in [0.25, 0.3) is 0 Å². The van der Waals surface area contributed by atoms with Gasteiger partial charge >= 0.3 is 0 Å². The molecule has 5 rings (SSSR count). The molecule has 5 aromatic rings. The minimum atomic E-state index is 0.406. The highest BCUT2D eigenvalue weighted by Crippen LogP contribution is 2.36. The Bertz CT molecular complexity index is 1310. The van der Waals surface area contributed by atoms with E-state index < -0.39 is 0 Å². The minimum Gasteiger partial charge on any atom is -0.483 e. The maximum absolute atomic E-state index is 6.26. The molecular formula is C25H20N4O2. The van der Waals surface area contributed by atoms with Gasteiger partial charge in [0.15, 0.2) is 23.5 Å². The van der Waals surface area contributed by atoms with Crippen molar-refractivity contribution in [2.24, 2.45) is 0 Å². The topological polar surface area (TPSA) is 73.1 Å². The first-order valence-corrected chi connectivity index (χ1v) is 9.95. The Morgan fingerprint density at radius 3 is 2.58 bits per heavy atom. The van der Waals surface area contributed by atoms with Crippen molar-refractivity contribution >= 4 is 22.6 Å². The Morgan fingerprint density at radius 2 is 1.74 bits per heavy atom. The Kier molecular flexibility index (Phi) is 5.02. The molecule has 0 amide bonds. The molecule has 0 bridgehead atoms. The highest BCUT2D eigenvalue weighted by atomic mass is 16.5. The standard InChI is InChI=1S/C25H20N4O2/c1-17-7-9-19(10-8-17)23-24(30-14-18-5-3-2-4-6-18)25(27-15-26-23)29-20-11-12-21-22(13-20)31-16-28-21/h2-13,15-16H,14H2,1H3,(H,26,27,29). The van der Waals surface area contributed by atoms with Crippen molar-refractivity contribution in [3.05, 3.63) is 96.6 Å². The fourth-order valence-corrected chi connectivity index (χ4v) is 3.32. The Hall–Kier alpha value is -4.19. The van der Waals surface area contributed by atoms with Crippen LogP contribution in [-0.2, 0) is 6.61 Å². The van der Waals surface area contributed by atoms with E-state index in [1.165, 1.54) is 12.0 Å².